The zero-order chi connectivity index (χ0) is 11.7. The number of hydrogen-bond acceptors (Lipinski definition) is 2. The summed E-state index contributed by atoms with van der Waals surface area (Å²) in [5.41, 5.74) is 2.62. The van der Waals surface area contributed by atoms with Crippen molar-refractivity contribution in [1.29, 1.82) is 0 Å². The summed E-state index contributed by atoms with van der Waals surface area (Å²) < 4.78 is 0. The molecule has 4 heteroatoms. The predicted molar refractivity (Wildman–Crippen MR) is 73.5 cm³/mol. The van der Waals surface area contributed by atoms with Gasteiger partial charge in [0, 0.05) is 19.5 Å². The molecule has 2 heterocycles. The summed E-state index contributed by atoms with van der Waals surface area (Å²) in [6.07, 6.45) is 1.85. The van der Waals surface area contributed by atoms with E-state index in [1.54, 1.807) is 0 Å². The molecule has 18 heavy (non-hydrogen) atoms. The van der Waals surface area contributed by atoms with Crippen LogP contribution in [0.1, 0.15) is 24.0 Å². The van der Waals surface area contributed by atoms with Gasteiger partial charge in [0.25, 0.3) is 0 Å². The van der Waals surface area contributed by atoms with Crippen molar-refractivity contribution in [2.45, 2.75) is 25.9 Å². The molecule has 1 aromatic carbocycles. The van der Waals surface area contributed by atoms with E-state index in [9.17, 15) is 4.79 Å². The van der Waals surface area contributed by atoms with Crippen molar-refractivity contribution in [3.05, 3.63) is 35.4 Å². The maximum absolute atomic E-state index is 12.2. The molecule has 1 fully saturated rings. The SMILES string of the molecule is Cl.O=C(CC1CCNC1)N1Cc2ccccc2C1. The average molecular weight is 267 g/mol. The topological polar surface area (TPSA) is 32.3 Å². The van der Waals surface area contributed by atoms with Crippen LogP contribution in [0.2, 0.25) is 0 Å². The third-order valence-electron chi connectivity index (χ3n) is 3.82. The van der Waals surface area contributed by atoms with Crippen molar-refractivity contribution in [2.75, 3.05) is 13.1 Å². The number of halogens is 1. The van der Waals surface area contributed by atoms with Gasteiger partial charge in [0.2, 0.25) is 5.91 Å². The van der Waals surface area contributed by atoms with Crippen LogP contribution in [0.25, 0.3) is 0 Å². The van der Waals surface area contributed by atoms with Crippen LogP contribution in [0.4, 0.5) is 0 Å². The highest BCUT2D eigenvalue weighted by atomic mass is 35.5. The Bertz CT molecular complexity index is 405. The molecule has 0 aromatic heterocycles. The molecule has 1 N–H and O–H groups in total. The van der Waals surface area contributed by atoms with Gasteiger partial charge in [0.1, 0.15) is 0 Å². The van der Waals surface area contributed by atoms with Gasteiger partial charge in [-0.1, -0.05) is 24.3 Å². The van der Waals surface area contributed by atoms with Crippen molar-refractivity contribution in [2.24, 2.45) is 5.92 Å². The average Bonchev–Trinajstić information content (AvgIpc) is 2.96. The summed E-state index contributed by atoms with van der Waals surface area (Å²) in [4.78, 5) is 14.2. The van der Waals surface area contributed by atoms with E-state index in [0.717, 1.165) is 32.6 Å². The Hall–Kier alpha value is -1.06. The minimum Gasteiger partial charge on any atom is -0.334 e. The first-order chi connectivity index (χ1) is 8.33. The van der Waals surface area contributed by atoms with Gasteiger partial charge in [-0.3, -0.25) is 4.79 Å². The molecule has 0 aliphatic carbocycles. The monoisotopic (exact) mass is 266 g/mol. The van der Waals surface area contributed by atoms with Crippen LogP contribution in [0.15, 0.2) is 24.3 Å². The number of carbonyl (C=O) groups excluding carboxylic acids is 1. The number of carbonyl (C=O) groups is 1. The van der Waals surface area contributed by atoms with Crippen LogP contribution in [0, 0.1) is 5.92 Å². The molecular weight excluding hydrogens is 248 g/mol. The van der Waals surface area contributed by atoms with Crippen LogP contribution in [0.3, 0.4) is 0 Å². The lowest BCUT2D eigenvalue weighted by atomic mass is 10.0. The summed E-state index contributed by atoms with van der Waals surface area (Å²) >= 11 is 0. The lowest BCUT2D eigenvalue weighted by Gasteiger charge is -2.17. The fraction of sp³-hybridized carbons (Fsp3) is 0.500. The van der Waals surface area contributed by atoms with Crippen molar-refractivity contribution in [3.63, 3.8) is 0 Å². The highest BCUT2D eigenvalue weighted by Crippen LogP contribution is 2.24. The maximum atomic E-state index is 12.2. The first kappa shape index (κ1) is 13.4. The summed E-state index contributed by atoms with van der Waals surface area (Å²) in [5, 5.41) is 3.31. The number of nitrogens with zero attached hydrogens (tertiary/aromatic N) is 1. The molecule has 0 bridgehead atoms. The molecule has 1 unspecified atom stereocenters. The van der Waals surface area contributed by atoms with E-state index in [1.165, 1.54) is 11.1 Å². The molecule has 1 amide bonds. The molecule has 2 aliphatic heterocycles. The van der Waals surface area contributed by atoms with Crippen LogP contribution in [0.5, 0.6) is 0 Å². The summed E-state index contributed by atoms with van der Waals surface area (Å²) in [6, 6.07) is 8.35. The smallest absolute Gasteiger partial charge is 0.223 e. The minimum absolute atomic E-state index is 0. The Morgan fingerprint density at radius 3 is 2.50 bits per heavy atom. The quantitative estimate of drug-likeness (QED) is 0.887. The third-order valence-corrected chi connectivity index (χ3v) is 3.82. The van der Waals surface area contributed by atoms with E-state index in [1.807, 2.05) is 17.0 Å². The van der Waals surface area contributed by atoms with E-state index in [0.29, 0.717) is 18.2 Å². The Balaban J connectivity index is 0.00000120. The Morgan fingerprint density at radius 1 is 1.28 bits per heavy atom. The second-order valence-corrected chi connectivity index (χ2v) is 5.08. The number of nitrogens with one attached hydrogen (secondary N) is 1. The molecule has 1 saturated heterocycles. The highest BCUT2D eigenvalue weighted by molar-refractivity contribution is 5.85. The Morgan fingerprint density at radius 2 is 1.94 bits per heavy atom. The van der Waals surface area contributed by atoms with E-state index >= 15 is 0 Å². The summed E-state index contributed by atoms with van der Waals surface area (Å²) in [7, 11) is 0. The number of benzene rings is 1. The number of hydrogen-bond donors (Lipinski definition) is 1. The van der Waals surface area contributed by atoms with Crippen LogP contribution >= 0.6 is 12.4 Å². The third kappa shape index (κ3) is 2.68. The van der Waals surface area contributed by atoms with E-state index in [2.05, 4.69) is 17.4 Å². The largest absolute Gasteiger partial charge is 0.334 e. The molecule has 0 spiro atoms. The Kier molecular flexibility index (Phi) is 4.25. The van der Waals surface area contributed by atoms with Crippen LogP contribution < -0.4 is 5.32 Å². The van der Waals surface area contributed by atoms with Gasteiger partial charge in [-0.25, -0.2) is 0 Å². The lowest BCUT2D eigenvalue weighted by molar-refractivity contribution is -0.132. The lowest BCUT2D eigenvalue weighted by Crippen LogP contribution is -2.27. The normalized spacial score (nSPS) is 21.6. The first-order valence-electron chi connectivity index (χ1n) is 6.38. The van der Waals surface area contributed by atoms with Crippen molar-refractivity contribution < 1.29 is 4.79 Å². The standard InChI is InChI=1S/C14H18N2O.ClH/c17-14(7-11-5-6-15-8-11)16-9-12-3-1-2-4-13(12)10-16;/h1-4,11,15H,5-10H2;1H. The van der Waals surface area contributed by atoms with Gasteiger partial charge in [-0.2, -0.15) is 0 Å². The fourth-order valence-electron chi connectivity index (χ4n) is 2.77. The van der Waals surface area contributed by atoms with Gasteiger partial charge in [0.15, 0.2) is 0 Å². The molecule has 0 radical (unpaired) electrons. The second kappa shape index (κ2) is 5.72. The van der Waals surface area contributed by atoms with Crippen molar-refractivity contribution in [1.82, 2.24) is 10.2 Å². The zero-order valence-electron chi connectivity index (χ0n) is 10.4. The maximum Gasteiger partial charge on any atom is 0.223 e. The van der Waals surface area contributed by atoms with E-state index < -0.39 is 0 Å². The van der Waals surface area contributed by atoms with Crippen molar-refractivity contribution >= 4 is 18.3 Å². The zero-order valence-corrected chi connectivity index (χ0v) is 11.2. The van der Waals surface area contributed by atoms with E-state index in [4.69, 9.17) is 0 Å². The molecule has 2 aliphatic rings. The molecule has 0 saturated carbocycles. The molecule has 3 rings (SSSR count). The molecule has 98 valence electrons. The highest BCUT2D eigenvalue weighted by Gasteiger charge is 2.26. The molecule has 1 atom stereocenters. The van der Waals surface area contributed by atoms with Crippen LogP contribution in [-0.4, -0.2) is 23.9 Å². The number of fused-ring (bicyclic) bond motifs is 1. The molecule has 3 nitrogen and oxygen atoms in total. The Labute approximate surface area is 114 Å². The number of rotatable bonds is 2. The van der Waals surface area contributed by atoms with Gasteiger partial charge in [-0.05, 0) is 36.6 Å². The van der Waals surface area contributed by atoms with Gasteiger partial charge in [0.05, 0.1) is 0 Å². The van der Waals surface area contributed by atoms with Crippen molar-refractivity contribution in [3.8, 4) is 0 Å². The van der Waals surface area contributed by atoms with Gasteiger partial charge < -0.3 is 10.2 Å². The van der Waals surface area contributed by atoms with Crippen LogP contribution in [-0.2, 0) is 17.9 Å². The van der Waals surface area contributed by atoms with Gasteiger partial charge >= 0.3 is 0 Å². The second-order valence-electron chi connectivity index (χ2n) is 5.08. The van der Waals surface area contributed by atoms with Gasteiger partial charge in [-0.15, -0.1) is 12.4 Å². The minimum atomic E-state index is 0. The fourth-order valence-corrected chi connectivity index (χ4v) is 2.77. The molecule has 1 aromatic rings. The number of amides is 1. The molecular formula is C14H19ClN2O. The first-order valence-corrected chi connectivity index (χ1v) is 6.38. The van der Waals surface area contributed by atoms with E-state index in [-0.39, 0.29) is 12.4 Å². The summed E-state index contributed by atoms with van der Waals surface area (Å²) in [6.45, 7) is 3.68. The summed E-state index contributed by atoms with van der Waals surface area (Å²) in [5.74, 6) is 0.862. The predicted octanol–water partition coefficient (Wildman–Crippen LogP) is 1.95.